The average Bonchev–Trinajstić information content (AvgIpc) is 2.27. The summed E-state index contributed by atoms with van der Waals surface area (Å²) in [6.45, 7) is 11.0. The van der Waals surface area contributed by atoms with Crippen LogP contribution in [0.3, 0.4) is 0 Å². The molecule has 0 radical (unpaired) electrons. The maximum atomic E-state index is 10.9. The number of nitrogens with zero attached hydrogens (tertiary/aromatic N) is 2. The van der Waals surface area contributed by atoms with Crippen molar-refractivity contribution in [2.75, 3.05) is 26.2 Å². The first-order chi connectivity index (χ1) is 8.49. The maximum Gasteiger partial charge on any atom is 0.307 e. The van der Waals surface area contributed by atoms with Crippen LogP contribution >= 0.6 is 0 Å². The Bertz CT molecular complexity index is 342. The highest BCUT2D eigenvalue weighted by Gasteiger charge is 2.14. The maximum absolute atomic E-state index is 10.9. The van der Waals surface area contributed by atoms with Crippen molar-refractivity contribution in [1.82, 2.24) is 10.2 Å². The number of nitrogens with one attached hydrogen (secondary N) is 1. The fourth-order valence-electron chi connectivity index (χ4n) is 1.81. The first-order valence-electron chi connectivity index (χ1n) is 6.39. The molecule has 0 spiro atoms. The molecule has 0 aromatic heterocycles. The molecule has 5 heteroatoms. The fourth-order valence-corrected chi connectivity index (χ4v) is 1.81. The second kappa shape index (κ2) is 7.16. The standard InChI is InChI=1S/C13H23N3O2/c1-10(2)15-13(9-11(3)18-12(4)17)16-7-5-14-6-8-16/h9-10,14H,5-8H2,1-4H3/b11-9+,15-13+. The van der Waals surface area contributed by atoms with Gasteiger partial charge in [-0.2, -0.15) is 0 Å². The molecule has 1 N–H and O–H groups in total. The van der Waals surface area contributed by atoms with Crippen LogP contribution in [0.25, 0.3) is 0 Å². The monoisotopic (exact) mass is 253 g/mol. The molecule has 0 aromatic carbocycles. The van der Waals surface area contributed by atoms with E-state index in [2.05, 4.69) is 15.2 Å². The molecule has 1 rings (SSSR count). The summed E-state index contributed by atoms with van der Waals surface area (Å²) in [5, 5.41) is 3.31. The number of hydrogen-bond acceptors (Lipinski definition) is 4. The highest BCUT2D eigenvalue weighted by Crippen LogP contribution is 2.05. The fraction of sp³-hybridized carbons (Fsp3) is 0.692. The molecule has 102 valence electrons. The normalized spacial score (nSPS) is 18.2. The van der Waals surface area contributed by atoms with Crippen molar-refractivity contribution in [3.8, 4) is 0 Å². The van der Waals surface area contributed by atoms with E-state index in [1.165, 1.54) is 6.92 Å². The van der Waals surface area contributed by atoms with Gasteiger partial charge in [0.05, 0.1) is 0 Å². The minimum absolute atomic E-state index is 0.219. The summed E-state index contributed by atoms with van der Waals surface area (Å²) in [4.78, 5) is 17.7. The molecular formula is C13H23N3O2. The van der Waals surface area contributed by atoms with Gasteiger partial charge in [0.2, 0.25) is 0 Å². The molecule has 0 saturated carbocycles. The Morgan fingerprint density at radius 2 is 1.94 bits per heavy atom. The summed E-state index contributed by atoms with van der Waals surface area (Å²) >= 11 is 0. The molecule has 1 aliphatic rings. The smallest absolute Gasteiger partial charge is 0.307 e. The SMILES string of the molecule is CC(=O)O/C(C)=C/C(=N\C(C)C)N1CCNCC1. The van der Waals surface area contributed by atoms with Gasteiger partial charge in [-0.05, 0) is 20.8 Å². The van der Waals surface area contributed by atoms with E-state index < -0.39 is 0 Å². The quantitative estimate of drug-likeness (QED) is 0.355. The highest BCUT2D eigenvalue weighted by molar-refractivity contribution is 5.93. The van der Waals surface area contributed by atoms with Gasteiger partial charge in [0, 0.05) is 45.2 Å². The minimum Gasteiger partial charge on any atom is -0.431 e. The zero-order valence-corrected chi connectivity index (χ0v) is 11.7. The zero-order chi connectivity index (χ0) is 13.5. The summed E-state index contributed by atoms with van der Waals surface area (Å²) in [5.74, 6) is 1.18. The van der Waals surface area contributed by atoms with Crippen LogP contribution in [0.15, 0.2) is 16.8 Å². The van der Waals surface area contributed by atoms with Crippen LogP contribution in [0, 0.1) is 0 Å². The van der Waals surface area contributed by atoms with E-state index in [-0.39, 0.29) is 12.0 Å². The number of hydrogen-bond donors (Lipinski definition) is 1. The predicted molar refractivity (Wildman–Crippen MR) is 72.5 cm³/mol. The third-order valence-electron chi connectivity index (χ3n) is 2.47. The molecule has 0 aromatic rings. The molecule has 5 nitrogen and oxygen atoms in total. The van der Waals surface area contributed by atoms with Gasteiger partial charge in [0.1, 0.15) is 11.6 Å². The van der Waals surface area contributed by atoms with Crippen LogP contribution < -0.4 is 5.32 Å². The number of ether oxygens (including phenoxy) is 1. The first kappa shape index (κ1) is 14.7. The zero-order valence-electron chi connectivity index (χ0n) is 11.7. The Morgan fingerprint density at radius 3 is 2.44 bits per heavy atom. The lowest BCUT2D eigenvalue weighted by atomic mass is 10.3. The molecule has 0 atom stereocenters. The molecule has 0 unspecified atom stereocenters. The second-order valence-electron chi connectivity index (χ2n) is 4.67. The molecule has 1 fully saturated rings. The van der Waals surface area contributed by atoms with E-state index in [1.54, 1.807) is 6.92 Å². The largest absolute Gasteiger partial charge is 0.431 e. The number of piperazine rings is 1. The number of amidine groups is 1. The van der Waals surface area contributed by atoms with Gasteiger partial charge >= 0.3 is 5.97 Å². The van der Waals surface area contributed by atoms with Gasteiger partial charge in [-0.1, -0.05) is 0 Å². The van der Waals surface area contributed by atoms with Crippen LogP contribution in [0.5, 0.6) is 0 Å². The molecule has 1 aliphatic heterocycles. The van der Waals surface area contributed by atoms with Crippen molar-refractivity contribution >= 4 is 11.8 Å². The summed E-state index contributed by atoms with van der Waals surface area (Å²) in [7, 11) is 0. The van der Waals surface area contributed by atoms with E-state index in [4.69, 9.17) is 4.74 Å². The number of carbonyl (C=O) groups is 1. The summed E-state index contributed by atoms with van der Waals surface area (Å²) in [6.07, 6.45) is 1.84. The summed E-state index contributed by atoms with van der Waals surface area (Å²) in [5.41, 5.74) is 0. The Morgan fingerprint density at radius 1 is 1.33 bits per heavy atom. The molecule has 1 heterocycles. The lowest BCUT2D eigenvalue weighted by Crippen LogP contribution is -2.46. The van der Waals surface area contributed by atoms with Crippen LogP contribution in [0.1, 0.15) is 27.7 Å². The van der Waals surface area contributed by atoms with E-state index >= 15 is 0 Å². The van der Waals surface area contributed by atoms with E-state index in [0.29, 0.717) is 5.76 Å². The van der Waals surface area contributed by atoms with E-state index in [1.807, 2.05) is 19.9 Å². The lowest BCUT2D eigenvalue weighted by molar-refractivity contribution is -0.136. The number of esters is 1. The molecular weight excluding hydrogens is 230 g/mol. The third-order valence-corrected chi connectivity index (χ3v) is 2.47. The Balaban J connectivity index is 2.81. The number of carbonyl (C=O) groups excluding carboxylic acids is 1. The van der Waals surface area contributed by atoms with Crippen molar-refractivity contribution in [3.05, 3.63) is 11.8 Å². The molecule has 1 saturated heterocycles. The number of rotatable bonds is 3. The molecule has 18 heavy (non-hydrogen) atoms. The van der Waals surface area contributed by atoms with Crippen molar-refractivity contribution in [2.24, 2.45) is 4.99 Å². The van der Waals surface area contributed by atoms with Crippen molar-refractivity contribution in [3.63, 3.8) is 0 Å². The number of allylic oxidation sites excluding steroid dienone is 1. The Labute approximate surface area is 109 Å². The molecule has 0 bridgehead atoms. The molecule has 0 amide bonds. The van der Waals surface area contributed by atoms with Gasteiger partial charge in [0.15, 0.2) is 0 Å². The first-order valence-corrected chi connectivity index (χ1v) is 6.39. The van der Waals surface area contributed by atoms with Gasteiger partial charge in [-0.25, -0.2) is 0 Å². The van der Waals surface area contributed by atoms with Crippen LogP contribution in [0.4, 0.5) is 0 Å². The topological polar surface area (TPSA) is 53.9 Å². The predicted octanol–water partition coefficient (Wildman–Crippen LogP) is 1.17. The Hall–Kier alpha value is -1.36. The van der Waals surface area contributed by atoms with Crippen molar-refractivity contribution in [2.45, 2.75) is 33.7 Å². The third kappa shape index (κ3) is 5.31. The van der Waals surface area contributed by atoms with Gasteiger partial charge < -0.3 is 15.0 Å². The van der Waals surface area contributed by atoms with Gasteiger partial charge in [-0.15, -0.1) is 0 Å². The van der Waals surface area contributed by atoms with Crippen LogP contribution in [-0.2, 0) is 9.53 Å². The molecule has 0 aliphatic carbocycles. The van der Waals surface area contributed by atoms with E-state index in [9.17, 15) is 4.79 Å². The highest BCUT2D eigenvalue weighted by atomic mass is 16.5. The summed E-state index contributed by atoms with van der Waals surface area (Å²) < 4.78 is 5.05. The number of aliphatic imine (C=N–C) groups is 1. The van der Waals surface area contributed by atoms with Crippen molar-refractivity contribution < 1.29 is 9.53 Å². The Kier molecular flexibility index (Phi) is 5.85. The average molecular weight is 253 g/mol. The van der Waals surface area contributed by atoms with Gasteiger partial charge in [0.25, 0.3) is 0 Å². The lowest BCUT2D eigenvalue weighted by Gasteiger charge is -2.29. The second-order valence-corrected chi connectivity index (χ2v) is 4.67. The summed E-state index contributed by atoms with van der Waals surface area (Å²) in [6, 6.07) is 0.219. The minimum atomic E-state index is -0.298. The van der Waals surface area contributed by atoms with Crippen LogP contribution in [0.2, 0.25) is 0 Å². The van der Waals surface area contributed by atoms with Gasteiger partial charge in [-0.3, -0.25) is 9.79 Å². The van der Waals surface area contributed by atoms with Crippen LogP contribution in [-0.4, -0.2) is 48.9 Å². The van der Waals surface area contributed by atoms with E-state index in [0.717, 1.165) is 32.0 Å². The van der Waals surface area contributed by atoms with Crippen molar-refractivity contribution in [1.29, 1.82) is 0 Å².